The number of ether oxygens (including phenoxy) is 2. The van der Waals surface area contributed by atoms with Crippen molar-refractivity contribution < 1.29 is 22.7 Å². The number of rotatable bonds is 7. The molecular formula is C21H26N2O5S. The molecule has 8 heteroatoms. The Kier molecular flexibility index (Phi) is 6.76. The first kappa shape index (κ1) is 21.1. The van der Waals surface area contributed by atoms with Gasteiger partial charge in [0.05, 0.1) is 24.2 Å². The molecule has 2 aromatic rings. The summed E-state index contributed by atoms with van der Waals surface area (Å²) in [6, 6.07) is 11.4. The van der Waals surface area contributed by atoms with Crippen LogP contribution < -0.4 is 14.8 Å². The number of carbonyl (C=O) groups is 1. The van der Waals surface area contributed by atoms with E-state index in [0.29, 0.717) is 36.9 Å². The van der Waals surface area contributed by atoms with Crippen molar-refractivity contribution in [2.75, 3.05) is 32.1 Å². The molecule has 2 aromatic carbocycles. The molecule has 0 radical (unpaired) electrons. The lowest BCUT2D eigenvalue weighted by Gasteiger charge is -2.26. The Morgan fingerprint density at radius 3 is 2.55 bits per heavy atom. The average molecular weight is 419 g/mol. The summed E-state index contributed by atoms with van der Waals surface area (Å²) in [6.45, 7) is 3.40. The van der Waals surface area contributed by atoms with E-state index >= 15 is 0 Å². The quantitative estimate of drug-likeness (QED) is 0.744. The fraction of sp³-hybridized carbons (Fsp3) is 0.381. The Bertz CT molecular complexity index is 969. The molecule has 156 valence electrons. The maximum absolute atomic E-state index is 13.0. The Labute approximate surface area is 171 Å². The summed E-state index contributed by atoms with van der Waals surface area (Å²) in [5.41, 5.74) is 0.708. The molecule has 29 heavy (non-hydrogen) atoms. The molecule has 1 heterocycles. The monoisotopic (exact) mass is 418 g/mol. The van der Waals surface area contributed by atoms with E-state index in [1.165, 1.54) is 29.6 Å². The zero-order chi connectivity index (χ0) is 20.9. The van der Waals surface area contributed by atoms with Gasteiger partial charge in [-0.3, -0.25) is 4.79 Å². The minimum atomic E-state index is -3.65. The summed E-state index contributed by atoms with van der Waals surface area (Å²) in [4.78, 5) is 13.0. The summed E-state index contributed by atoms with van der Waals surface area (Å²) in [6.07, 6.45) is 2.72. The van der Waals surface area contributed by atoms with Crippen molar-refractivity contribution in [2.45, 2.75) is 31.1 Å². The van der Waals surface area contributed by atoms with Crippen molar-refractivity contribution in [3.8, 4) is 11.5 Å². The fourth-order valence-corrected chi connectivity index (χ4v) is 4.85. The lowest BCUT2D eigenvalue weighted by molar-refractivity contribution is 0.102. The first-order valence-electron chi connectivity index (χ1n) is 9.68. The van der Waals surface area contributed by atoms with Gasteiger partial charge in [0.15, 0.2) is 0 Å². The third-order valence-electron chi connectivity index (χ3n) is 4.77. The van der Waals surface area contributed by atoms with Crippen LogP contribution in [0.2, 0.25) is 0 Å². The van der Waals surface area contributed by atoms with E-state index in [1.54, 1.807) is 24.3 Å². The second-order valence-electron chi connectivity index (χ2n) is 6.74. The minimum absolute atomic E-state index is 0.0911. The van der Waals surface area contributed by atoms with Crippen LogP contribution in [0.4, 0.5) is 5.69 Å². The zero-order valence-electron chi connectivity index (χ0n) is 16.7. The molecule has 0 spiro atoms. The van der Waals surface area contributed by atoms with Gasteiger partial charge >= 0.3 is 0 Å². The standard InChI is InChI=1S/C21H26N2O5S/c1-3-28-17-9-7-8-16(14-17)22-21(24)19-15-18(10-11-20(19)27-2)29(25,26)23-12-5-4-6-13-23/h7-11,14-15H,3-6,12-13H2,1-2H3,(H,22,24). The molecule has 0 aromatic heterocycles. The van der Waals surface area contributed by atoms with Gasteiger partial charge in [-0.05, 0) is 50.1 Å². The average Bonchev–Trinajstić information content (AvgIpc) is 2.74. The van der Waals surface area contributed by atoms with E-state index in [-0.39, 0.29) is 10.5 Å². The van der Waals surface area contributed by atoms with E-state index in [1.807, 2.05) is 6.92 Å². The zero-order valence-corrected chi connectivity index (χ0v) is 17.5. The van der Waals surface area contributed by atoms with Crippen molar-refractivity contribution in [3.63, 3.8) is 0 Å². The summed E-state index contributed by atoms with van der Waals surface area (Å²) < 4.78 is 38.2. The second kappa shape index (κ2) is 9.28. The topological polar surface area (TPSA) is 84.9 Å². The summed E-state index contributed by atoms with van der Waals surface area (Å²) in [7, 11) is -2.21. The Hall–Kier alpha value is -2.58. The number of amides is 1. The lowest BCUT2D eigenvalue weighted by Crippen LogP contribution is -2.35. The molecule has 1 amide bonds. The lowest BCUT2D eigenvalue weighted by atomic mass is 10.1. The molecule has 3 rings (SSSR count). The van der Waals surface area contributed by atoms with Crippen molar-refractivity contribution in [2.24, 2.45) is 0 Å². The van der Waals surface area contributed by atoms with Crippen LogP contribution in [0.25, 0.3) is 0 Å². The third kappa shape index (κ3) is 4.89. The van der Waals surface area contributed by atoms with Crippen LogP contribution in [-0.4, -0.2) is 45.4 Å². The van der Waals surface area contributed by atoms with E-state index in [0.717, 1.165) is 19.3 Å². The maximum Gasteiger partial charge on any atom is 0.259 e. The van der Waals surface area contributed by atoms with Crippen LogP contribution >= 0.6 is 0 Å². The van der Waals surface area contributed by atoms with Crippen LogP contribution in [0.15, 0.2) is 47.4 Å². The number of nitrogens with one attached hydrogen (secondary N) is 1. The van der Waals surface area contributed by atoms with Crippen LogP contribution in [0, 0.1) is 0 Å². The number of anilines is 1. The van der Waals surface area contributed by atoms with Crippen molar-refractivity contribution in [1.29, 1.82) is 0 Å². The smallest absolute Gasteiger partial charge is 0.259 e. The van der Waals surface area contributed by atoms with Crippen molar-refractivity contribution in [3.05, 3.63) is 48.0 Å². The molecule has 1 fully saturated rings. The molecule has 0 atom stereocenters. The Balaban J connectivity index is 1.88. The highest BCUT2D eigenvalue weighted by molar-refractivity contribution is 7.89. The van der Waals surface area contributed by atoms with Gasteiger partial charge in [-0.15, -0.1) is 0 Å². The predicted molar refractivity (Wildman–Crippen MR) is 111 cm³/mol. The first-order valence-corrected chi connectivity index (χ1v) is 11.1. The normalized spacial score (nSPS) is 15.0. The Morgan fingerprint density at radius 1 is 1.10 bits per heavy atom. The van der Waals surface area contributed by atoms with Crippen molar-refractivity contribution >= 4 is 21.6 Å². The van der Waals surface area contributed by atoms with Crippen LogP contribution in [0.5, 0.6) is 11.5 Å². The highest BCUT2D eigenvalue weighted by atomic mass is 32.2. The van der Waals surface area contributed by atoms with Crippen LogP contribution in [0.3, 0.4) is 0 Å². The second-order valence-corrected chi connectivity index (χ2v) is 8.68. The number of methoxy groups -OCH3 is 1. The number of hydrogen-bond acceptors (Lipinski definition) is 5. The van der Waals surface area contributed by atoms with Gasteiger partial charge in [0.1, 0.15) is 11.5 Å². The Morgan fingerprint density at radius 2 is 1.86 bits per heavy atom. The number of nitrogens with zero attached hydrogens (tertiary/aromatic N) is 1. The minimum Gasteiger partial charge on any atom is -0.496 e. The molecule has 7 nitrogen and oxygen atoms in total. The molecular weight excluding hydrogens is 392 g/mol. The van der Waals surface area contributed by atoms with Crippen LogP contribution in [-0.2, 0) is 10.0 Å². The molecule has 1 N–H and O–H groups in total. The number of sulfonamides is 1. The van der Waals surface area contributed by atoms with Gasteiger partial charge in [-0.1, -0.05) is 12.5 Å². The SMILES string of the molecule is CCOc1cccc(NC(=O)c2cc(S(=O)(=O)N3CCCCC3)ccc2OC)c1. The summed E-state index contributed by atoms with van der Waals surface area (Å²) >= 11 is 0. The molecule has 1 saturated heterocycles. The van der Waals surface area contributed by atoms with E-state index < -0.39 is 15.9 Å². The number of benzene rings is 2. The van der Waals surface area contributed by atoms with Gasteiger partial charge < -0.3 is 14.8 Å². The molecule has 0 aliphatic carbocycles. The largest absolute Gasteiger partial charge is 0.496 e. The van der Waals surface area contributed by atoms with Crippen LogP contribution in [0.1, 0.15) is 36.5 Å². The van der Waals surface area contributed by atoms with Gasteiger partial charge in [0.2, 0.25) is 10.0 Å². The predicted octanol–water partition coefficient (Wildman–Crippen LogP) is 3.52. The van der Waals surface area contributed by atoms with E-state index in [9.17, 15) is 13.2 Å². The molecule has 1 aliphatic heterocycles. The molecule has 1 aliphatic rings. The highest BCUT2D eigenvalue weighted by Crippen LogP contribution is 2.27. The van der Waals surface area contributed by atoms with Gasteiger partial charge in [-0.2, -0.15) is 4.31 Å². The highest BCUT2D eigenvalue weighted by Gasteiger charge is 2.27. The summed E-state index contributed by atoms with van der Waals surface area (Å²) in [5.74, 6) is 0.492. The van der Waals surface area contributed by atoms with Gasteiger partial charge in [0, 0.05) is 24.8 Å². The number of carbonyl (C=O) groups excluding carboxylic acids is 1. The van der Waals surface area contributed by atoms with Crippen molar-refractivity contribution in [1.82, 2.24) is 4.31 Å². The third-order valence-corrected chi connectivity index (χ3v) is 6.67. The number of piperidine rings is 1. The van der Waals surface area contributed by atoms with E-state index in [4.69, 9.17) is 9.47 Å². The van der Waals surface area contributed by atoms with E-state index in [2.05, 4.69) is 5.32 Å². The fourth-order valence-electron chi connectivity index (χ4n) is 3.31. The van der Waals surface area contributed by atoms with Gasteiger partial charge in [-0.25, -0.2) is 8.42 Å². The first-order chi connectivity index (χ1) is 14.0. The molecule has 0 saturated carbocycles. The molecule has 0 unspecified atom stereocenters. The maximum atomic E-state index is 13.0. The summed E-state index contributed by atoms with van der Waals surface area (Å²) in [5, 5.41) is 2.78. The van der Waals surface area contributed by atoms with Gasteiger partial charge in [0.25, 0.3) is 5.91 Å². The molecule has 0 bridgehead atoms. The number of hydrogen-bond donors (Lipinski definition) is 1.